The third-order valence-electron chi connectivity index (χ3n) is 6.71. The molecule has 0 saturated carbocycles. The first-order valence-corrected chi connectivity index (χ1v) is 11.7. The molecule has 1 amide bonds. The number of carboxylic acid groups (broad SMARTS) is 1. The molecule has 8 heteroatoms. The molecule has 0 bridgehead atoms. The van der Waals surface area contributed by atoms with Crippen LogP contribution in [-0.2, 0) is 20.7 Å². The molecule has 1 aliphatic carbocycles. The monoisotopic (exact) mass is 470 g/mol. The Kier molecular flexibility index (Phi) is 5.49. The predicted molar refractivity (Wildman–Crippen MR) is 127 cm³/mol. The number of benzene rings is 1. The van der Waals surface area contributed by atoms with E-state index in [1.165, 1.54) is 4.57 Å². The standard InChI is InChI=1S/C26H34N2O6/c1-24(2,3)33-22(31)27-13-16-12-26(7)18(17-9-8-10-19(27)20(16)17)11-15(21(29)30)14-28(26)23(32)34-25(4,5)6/h8-10,13,15,18H,11-12,14H2,1-7H3,(H,29,30)/t15-,18-,26-/m1/s1. The Morgan fingerprint density at radius 3 is 2.24 bits per heavy atom. The van der Waals surface area contributed by atoms with Gasteiger partial charge in [0.15, 0.2) is 0 Å². The molecule has 34 heavy (non-hydrogen) atoms. The molecule has 3 atom stereocenters. The van der Waals surface area contributed by atoms with Gasteiger partial charge in [-0.05, 0) is 78.5 Å². The molecule has 0 spiro atoms. The highest BCUT2D eigenvalue weighted by atomic mass is 16.6. The van der Waals surface area contributed by atoms with Crippen molar-refractivity contribution in [2.24, 2.45) is 5.92 Å². The Morgan fingerprint density at radius 1 is 1.03 bits per heavy atom. The smallest absolute Gasteiger partial charge is 0.419 e. The van der Waals surface area contributed by atoms with E-state index in [-0.39, 0.29) is 12.5 Å². The van der Waals surface area contributed by atoms with E-state index in [9.17, 15) is 19.5 Å². The lowest BCUT2D eigenvalue weighted by Crippen LogP contribution is -2.62. The number of carboxylic acids is 1. The van der Waals surface area contributed by atoms with Crippen LogP contribution < -0.4 is 0 Å². The van der Waals surface area contributed by atoms with Crippen molar-refractivity contribution in [2.45, 2.75) is 84.0 Å². The maximum atomic E-state index is 13.3. The van der Waals surface area contributed by atoms with Crippen molar-refractivity contribution in [2.75, 3.05) is 6.54 Å². The summed E-state index contributed by atoms with van der Waals surface area (Å²) in [4.78, 5) is 39.9. The van der Waals surface area contributed by atoms with E-state index in [1.54, 1.807) is 31.9 Å². The Labute approximate surface area is 199 Å². The zero-order valence-corrected chi connectivity index (χ0v) is 21.0. The Balaban J connectivity index is 1.84. The first kappa shape index (κ1) is 24.1. The van der Waals surface area contributed by atoms with Crippen molar-refractivity contribution in [3.05, 3.63) is 35.5 Å². The number of nitrogens with zero attached hydrogens (tertiary/aromatic N) is 2. The summed E-state index contributed by atoms with van der Waals surface area (Å²) < 4.78 is 12.8. The SMILES string of the molecule is CC(C)(C)OC(=O)N1C[C@H](C(=O)O)C[C@@H]2c3cccc4c3c(cn4C(=O)OC(C)(C)C)C[C@]21C. The van der Waals surface area contributed by atoms with Crippen LogP contribution in [0.2, 0.25) is 0 Å². The summed E-state index contributed by atoms with van der Waals surface area (Å²) in [5.41, 5.74) is 0.549. The van der Waals surface area contributed by atoms with Crippen molar-refractivity contribution in [3.8, 4) is 0 Å². The number of hydrogen-bond acceptors (Lipinski definition) is 5. The maximum Gasteiger partial charge on any atom is 0.419 e. The molecule has 2 aromatic rings. The second-order valence-electron chi connectivity index (χ2n) is 11.7. The topological polar surface area (TPSA) is 98.1 Å². The molecule has 2 aliphatic rings. The molecule has 2 heterocycles. The summed E-state index contributed by atoms with van der Waals surface area (Å²) >= 11 is 0. The molecule has 1 fully saturated rings. The molecular formula is C26H34N2O6. The zero-order valence-electron chi connectivity index (χ0n) is 21.0. The highest BCUT2D eigenvalue weighted by Gasteiger charge is 2.53. The van der Waals surface area contributed by atoms with Gasteiger partial charge >= 0.3 is 18.2 Å². The fraction of sp³-hybridized carbons (Fsp3) is 0.577. The molecule has 1 aromatic heterocycles. The Hall–Kier alpha value is -3.03. The molecule has 0 radical (unpaired) electrons. The van der Waals surface area contributed by atoms with Crippen LogP contribution in [0, 0.1) is 5.92 Å². The number of fused-ring (bicyclic) bond motifs is 2. The van der Waals surface area contributed by atoms with E-state index in [4.69, 9.17) is 9.47 Å². The third kappa shape index (κ3) is 4.14. The number of piperidine rings is 1. The molecule has 184 valence electrons. The fourth-order valence-corrected chi connectivity index (χ4v) is 5.36. The highest BCUT2D eigenvalue weighted by Crippen LogP contribution is 2.51. The van der Waals surface area contributed by atoms with Crippen LogP contribution in [0.3, 0.4) is 0 Å². The van der Waals surface area contributed by atoms with Crippen LogP contribution >= 0.6 is 0 Å². The minimum Gasteiger partial charge on any atom is -0.481 e. The van der Waals surface area contributed by atoms with Crippen molar-refractivity contribution in [3.63, 3.8) is 0 Å². The van der Waals surface area contributed by atoms with E-state index in [0.717, 1.165) is 22.0 Å². The van der Waals surface area contributed by atoms with Crippen molar-refractivity contribution in [1.29, 1.82) is 0 Å². The summed E-state index contributed by atoms with van der Waals surface area (Å²) in [6.45, 7) is 12.9. The Bertz CT molecular complexity index is 1170. The lowest BCUT2D eigenvalue weighted by atomic mass is 9.64. The van der Waals surface area contributed by atoms with Crippen molar-refractivity contribution in [1.82, 2.24) is 9.47 Å². The Morgan fingerprint density at radius 2 is 1.65 bits per heavy atom. The first-order valence-electron chi connectivity index (χ1n) is 11.7. The number of hydrogen-bond donors (Lipinski definition) is 1. The summed E-state index contributed by atoms with van der Waals surface area (Å²) in [7, 11) is 0. The molecule has 8 nitrogen and oxygen atoms in total. The molecule has 1 N–H and O–H groups in total. The van der Waals surface area contributed by atoms with Crippen LogP contribution in [0.15, 0.2) is 24.4 Å². The van der Waals surface area contributed by atoms with Gasteiger partial charge in [0.05, 0.1) is 17.0 Å². The molecule has 1 saturated heterocycles. The van der Waals surface area contributed by atoms with Gasteiger partial charge in [-0.1, -0.05) is 12.1 Å². The second-order valence-corrected chi connectivity index (χ2v) is 11.7. The van der Waals surface area contributed by atoms with E-state index in [0.29, 0.717) is 12.8 Å². The summed E-state index contributed by atoms with van der Waals surface area (Å²) in [5.74, 6) is -1.86. The van der Waals surface area contributed by atoms with Crippen LogP contribution in [0.25, 0.3) is 10.9 Å². The summed E-state index contributed by atoms with van der Waals surface area (Å²) in [6.07, 6.45) is 1.69. The predicted octanol–water partition coefficient (Wildman–Crippen LogP) is 5.16. The molecule has 1 aromatic carbocycles. The van der Waals surface area contributed by atoms with Gasteiger partial charge in [0.1, 0.15) is 11.2 Å². The first-order chi connectivity index (χ1) is 15.6. The number of rotatable bonds is 1. The van der Waals surface area contributed by atoms with Gasteiger partial charge in [0, 0.05) is 24.0 Å². The van der Waals surface area contributed by atoms with E-state index >= 15 is 0 Å². The number of carbonyl (C=O) groups excluding carboxylic acids is 2. The van der Waals surface area contributed by atoms with Gasteiger partial charge in [-0.15, -0.1) is 0 Å². The van der Waals surface area contributed by atoms with Crippen LogP contribution in [0.1, 0.15) is 71.9 Å². The zero-order chi connectivity index (χ0) is 25.2. The second kappa shape index (κ2) is 7.75. The molecule has 4 rings (SSSR count). The minimum atomic E-state index is -0.931. The van der Waals surface area contributed by atoms with Crippen LogP contribution in [0.5, 0.6) is 0 Å². The number of likely N-dealkylation sites (tertiary alicyclic amines) is 1. The molecule has 1 aliphatic heterocycles. The van der Waals surface area contributed by atoms with Gasteiger partial charge in [-0.25, -0.2) is 9.59 Å². The van der Waals surface area contributed by atoms with E-state index in [1.807, 2.05) is 45.9 Å². The number of carbonyl (C=O) groups is 3. The highest BCUT2D eigenvalue weighted by molar-refractivity contribution is 5.95. The average molecular weight is 471 g/mol. The van der Waals surface area contributed by atoms with Gasteiger partial charge in [-0.3, -0.25) is 9.36 Å². The van der Waals surface area contributed by atoms with Crippen molar-refractivity contribution >= 4 is 29.1 Å². The van der Waals surface area contributed by atoms with Crippen LogP contribution in [0.4, 0.5) is 9.59 Å². The fourth-order valence-electron chi connectivity index (χ4n) is 5.36. The van der Waals surface area contributed by atoms with Crippen LogP contribution in [-0.4, -0.2) is 56.0 Å². The number of aliphatic carboxylic acids is 1. The van der Waals surface area contributed by atoms with E-state index < -0.39 is 40.8 Å². The van der Waals surface area contributed by atoms with Gasteiger partial charge in [0.25, 0.3) is 0 Å². The van der Waals surface area contributed by atoms with Crippen molar-refractivity contribution < 1.29 is 29.0 Å². The van der Waals surface area contributed by atoms with Gasteiger partial charge in [0.2, 0.25) is 0 Å². The third-order valence-corrected chi connectivity index (χ3v) is 6.71. The lowest BCUT2D eigenvalue weighted by Gasteiger charge is -2.53. The minimum absolute atomic E-state index is 0.0787. The molecular weight excluding hydrogens is 436 g/mol. The average Bonchev–Trinajstić information content (AvgIpc) is 3.04. The lowest BCUT2D eigenvalue weighted by molar-refractivity contribution is -0.145. The number of amides is 1. The number of ether oxygens (including phenoxy) is 2. The van der Waals surface area contributed by atoms with Gasteiger partial charge in [-0.2, -0.15) is 0 Å². The summed E-state index contributed by atoms with van der Waals surface area (Å²) in [5, 5.41) is 10.8. The quantitative estimate of drug-likeness (QED) is 0.618. The largest absolute Gasteiger partial charge is 0.481 e. The van der Waals surface area contributed by atoms with E-state index in [2.05, 4.69) is 0 Å². The molecule has 0 unspecified atom stereocenters. The summed E-state index contributed by atoms with van der Waals surface area (Å²) in [6, 6.07) is 5.72. The maximum absolute atomic E-state index is 13.3. The normalized spacial score (nSPS) is 24.5. The number of aromatic nitrogens is 1. The van der Waals surface area contributed by atoms with Gasteiger partial charge < -0.3 is 19.5 Å².